The molecule has 2 aromatic carbocycles. The Hall–Kier alpha value is -3.47. The minimum Gasteiger partial charge on any atom is -0.445 e. The summed E-state index contributed by atoms with van der Waals surface area (Å²) in [5, 5.41) is 12.2. The zero-order valence-electron chi connectivity index (χ0n) is 20.9. The van der Waals surface area contributed by atoms with Gasteiger partial charge in [-0.25, -0.2) is 4.79 Å². The van der Waals surface area contributed by atoms with Crippen molar-refractivity contribution in [3.63, 3.8) is 0 Å². The Kier molecular flexibility index (Phi) is 8.42. The maximum Gasteiger partial charge on any atom is 0.410 e. The summed E-state index contributed by atoms with van der Waals surface area (Å²) in [5.74, 6) is 0.808. The van der Waals surface area contributed by atoms with E-state index in [1.807, 2.05) is 41.0 Å². The minimum atomic E-state index is -1.08. The van der Waals surface area contributed by atoms with Gasteiger partial charge in [-0.1, -0.05) is 54.1 Å². The highest BCUT2D eigenvalue weighted by Gasteiger charge is 2.31. The third-order valence-electron chi connectivity index (χ3n) is 5.89. The van der Waals surface area contributed by atoms with Crippen LogP contribution in [0.2, 0.25) is 5.02 Å². The van der Waals surface area contributed by atoms with E-state index in [2.05, 4.69) is 15.5 Å². The third kappa shape index (κ3) is 7.06. The van der Waals surface area contributed by atoms with Gasteiger partial charge >= 0.3 is 6.09 Å². The van der Waals surface area contributed by atoms with Crippen LogP contribution in [0.4, 0.5) is 4.79 Å². The topological polar surface area (TPSA) is 125 Å². The second kappa shape index (κ2) is 11.7. The number of aromatic nitrogens is 3. The maximum absolute atomic E-state index is 12.7. The number of hydrogen-bond donors (Lipinski definition) is 2. The summed E-state index contributed by atoms with van der Waals surface area (Å²) >= 11 is 6.00. The summed E-state index contributed by atoms with van der Waals surface area (Å²) in [7, 11) is 0. The number of carbonyl (C=O) groups is 2. The lowest BCUT2D eigenvalue weighted by molar-refractivity contribution is -0.126. The molecule has 0 saturated heterocycles. The van der Waals surface area contributed by atoms with Gasteiger partial charge in [0.25, 0.3) is 0 Å². The van der Waals surface area contributed by atoms with E-state index in [9.17, 15) is 9.59 Å². The molecule has 3 aromatic rings. The first kappa shape index (κ1) is 26.6. The maximum atomic E-state index is 12.7. The Balaban J connectivity index is 1.42. The number of nitrogens with one attached hydrogen (secondary N) is 1. The highest BCUT2D eigenvalue weighted by atomic mass is 35.5. The van der Waals surface area contributed by atoms with Gasteiger partial charge in [-0.15, -0.1) is 10.2 Å². The van der Waals surface area contributed by atoms with E-state index in [0.717, 1.165) is 11.1 Å². The van der Waals surface area contributed by atoms with Gasteiger partial charge in [-0.05, 0) is 37.1 Å². The van der Waals surface area contributed by atoms with Gasteiger partial charge < -0.3 is 25.1 Å². The lowest BCUT2D eigenvalue weighted by atomic mass is 10.1. The first-order chi connectivity index (χ1) is 17.7. The van der Waals surface area contributed by atoms with Crippen LogP contribution in [-0.4, -0.2) is 50.4 Å². The van der Waals surface area contributed by atoms with Gasteiger partial charge in [-0.3, -0.25) is 9.69 Å². The minimum absolute atomic E-state index is 0.121. The van der Waals surface area contributed by atoms with Crippen LogP contribution in [0.3, 0.4) is 0 Å². The van der Waals surface area contributed by atoms with Crippen molar-refractivity contribution < 1.29 is 19.1 Å². The zero-order valence-corrected chi connectivity index (χ0v) is 21.6. The summed E-state index contributed by atoms with van der Waals surface area (Å²) in [6.07, 6.45) is -0.447. The molecular formula is C26H31ClN6O4. The van der Waals surface area contributed by atoms with E-state index in [4.69, 9.17) is 26.8 Å². The van der Waals surface area contributed by atoms with Crippen molar-refractivity contribution in [2.24, 2.45) is 5.73 Å². The average Bonchev–Trinajstić information content (AvgIpc) is 3.30. The molecule has 0 aliphatic carbocycles. The monoisotopic (exact) mass is 526 g/mol. The molecule has 196 valence electrons. The molecule has 2 amide bonds. The normalized spacial score (nSPS) is 14.1. The predicted molar refractivity (Wildman–Crippen MR) is 137 cm³/mol. The standard InChI is InChI=1S/C26H31ClN6O4/c1-26(2,28)24(34)29-21(17-36-15-18-7-4-3-5-8-18)23-31-30-22-14-32(11-12-33(22)23)25(35)37-16-19-9-6-10-20(27)13-19/h3-10,13,21H,11-12,14-17,28H2,1-2H3,(H,29,34)/t21-/m1/s1. The van der Waals surface area contributed by atoms with Gasteiger partial charge in [0.05, 0.1) is 25.3 Å². The molecule has 0 radical (unpaired) electrons. The van der Waals surface area contributed by atoms with Crippen molar-refractivity contribution in [3.8, 4) is 0 Å². The van der Waals surface area contributed by atoms with E-state index >= 15 is 0 Å². The lowest BCUT2D eigenvalue weighted by Gasteiger charge is -2.29. The number of fused-ring (bicyclic) bond motifs is 1. The molecule has 1 aliphatic rings. The average molecular weight is 527 g/mol. The van der Waals surface area contributed by atoms with Crippen molar-refractivity contribution in [1.29, 1.82) is 0 Å². The third-order valence-corrected chi connectivity index (χ3v) is 6.12. The Morgan fingerprint density at radius 2 is 1.84 bits per heavy atom. The number of benzene rings is 2. The molecule has 0 bridgehead atoms. The number of rotatable bonds is 9. The van der Waals surface area contributed by atoms with Gasteiger partial charge in [0.1, 0.15) is 12.6 Å². The second-order valence-electron chi connectivity index (χ2n) is 9.48. The molecule has 2 heterocycles. The van der Waals surface area contributed by atoms with Crippen molar-refractivity contribution in [3.05, 3.63) is 82.4 Å². The molecule has 10 nitrogen and oxygen atoms in total. The molecule has 0 spiro atoms. The molecule has 11 heteroatoms. The number of ether oxygens (including phenoxy) is 2. The van der Waals surface area contributed by atoms with Gasteiger partial charge in [-0.2, -0.15) is 0 Å². The fourth-order valence-electron chi connectivity index (χ4n) is 3.85. The van der Waals surface area contributed by atoms with E-state index in [-0.39, 0.29) is 25.7 Å². The SMILES string of the molecule is CC(C)(N)C(=O)N[C@H](COCc1ccccc1)c1nnc2n1CCN(C(=O)OCc1cccc(Cl)c1)C2. The van der Waals surface area contributed by atoms with E-state index in [1.54, 1.807) is 36.9 Å². The molecule has 1 atom stereocenters. The van der Waals surface area contributed by atoms with Crippen LogP contribution in [0, 0.1) is 0 Å². The van der Waals surface area contributed by atoms with Crippen LogP contribution in [0.5, 0.6) is 0 Å². The molecular weight excluding hydrogens is 496 g/mol. The van der Waals surface area contributed by atoms with Crippen LogP contribution in [0.1, 0.15) is 42.7 Å². The molecule has 0 fully saturated rings. The number of carbonyl (C=O) groups excluding carboxylic acids is 2. The van der Waals surface area contributed by atoms with E-state index < -0.39 is 17.7 Å². The fraction of sp³-hybridized carbons (Fsp3) is 0.385. The quantitative estimate of drug-likeness (QED) is 0.438. The fourth-order valence-corrected chi connectivity index (χ4v) is 4.06. The summed E-state index contributed by atoms with van der Waals surface area (Å²) in [5.41, 5.74) is 6.75. The molecule has 1 aromatic heterocycles. The number of nitrogens with two attached hydrogens (primary N) is 1. The Labute approximate surface area is 220 Å². The smallest absolute Gasteiger partial charge is 0.410 e. The molecule has 4 rings (SSSR count). The first-order valence-electron chi connectivity index (χ1n) is 12.0. The highest BCUT2D eigenvalue weighted by Crippen LogP contribution is 2.20. The summed E-state index contributed by atoms with van der Waals surface area (Å²) in [6.45, 7) is 5.03. The predicted octanol–water partition coefficient (Wildman–Crippen LogP) is 3.20. The van der Waals surface area contributed by atoms with Crippen LogP contribution >= 0.6 is 11.6 Å². The van der Waals surface area contributed by atoms with Crippen molar-refractivity contribution >= 4 is 23.6 Å². The number of halogens is 1. The summed E-state index contributed by atoms with van der Waals surface area (Å²) in [4.78, 5) is 26.9. The molecule has 0 unspecified atom stereocenters. The van der Waals surface area contributed by atoms with Gasteiger partial charge in [0, 0.05) is 18.1 Å². The van der Waals surface area contributed by atoms with Crippen molar-refractivity contribution in [2.45, 2.75) is 51.7 Å². The molecule has 3 N–H and O–H groups in total. The van der Waals surface area contributed by atoms with Gasteiger partial charge in [0.2, 0.25) is 5.91 Å². The van der Waals surface area contributed by atoms with Gasteiger partial charge in [0.15, 0.2) is 11.6 Å². The second-order valence-corrected chi connectivity index (χ2v) is 9.92. The Morgan fingerprint density at radius 1 is 1.08 bits per heavy atom. The number of amides is 2. The summed E-state index contributed by atoms with van der Waals surface area (Å²) < 4.78 is 13.3. The zero-order chi connectivity index (χ0) is 26.4. The Bertz CT molecular complexity index is 1230. The molecule has 37 heavy (non-hydrogen) atoms. The van der Waals surface area contributed by atoms with Crippen LogP contribution in [0.15, 0.2) is 54.6 Å². The molecule has 0 saturated carbocycles. The van der Waals surface area contributed by atoms with E-state index in [0.29, 0.717) is 36.4 Å². The summed E-state index contributed by atoms with van der Waals surface area (Å²) in [6, 6.07) is 16.4. The van der Waals surface area contributed by atoms with Crippen LogP contribution in [0.25, 0.3) is 0 Å². The number of nitrogens with zero attached hydrogens (tertiary/aromatic N) is 4. The Morgan fingerprint density at radius 3 is 2.57 bits per heavy atom. The van der Waals surface area contributed by atoms with Crippen molar-refractivity contribution in [2.75, 3.05) is 13.2 Å². The van der Waals surface area contributed by atoms with Crippen LogP contribution < -0.4 is 11.1 Å². The first-order valence-corrected chi connectivity index (χ1v) is 12.4. The van der Waals surface area contributed by atoms with E-state index in [1.165, 1.54) is 0 Å². The van der Waals surface area contributed by atoms with Crippen molar-refractivity contribution in [1.82, 2.24) is 25.0 Å². The largest absolute Gasteiger partial charge is 0.445 e. The number of hydrogen-bond acceptors (Lipinski definition) is 7. The van der Waals surface area contributed by atoms with Crippen LogP contribution in [-0.2, 0) is 40.6 Å². The molecule has 1 aliphatic heterocycles. The highest BCUT2D eigenvalue weighted by molar-refractivity contribution is 6.30. The lowest BCUT2D eigenvalue weighted by Crippen LogP contribution is -2.51.